The highest BCUT2D eigenvalue weighted by Crippen LogP contribution is 2.32. The van der Waals surface area contributed by atoms with Crippen LogP contribution >= 0.6 is 0 Å². The summed E-state index contributed by atoms with van der Waals surface area (Å²) in [5, 5.41) is 2.88. The van der Waals surface area contributed by atoms with Crippen LogP contribution in [0.1, 0.15) is 23.1 Å². The molecule has 0 fully saturated rings. The molecule has 5 nitrogen and oxygen atoms in total. The maximum absolute atomic E-state index is 11.9. The largest absolute Gasteiger partial charge is 0.493 e. The minimum atomic E-state index is -0.0440. The third kappa shape index (κ3) is 3.98. The molecule has 2 aromatic rings. The van der Waals surface area contributed by atoms with Gasteiger partial charge < -0.3 is 19.5 Å². The van der Waals surface area contributed by atoms with Crippen molar-refractivity contribution >= 4 is 5.91 Å². The van der Waals surface area contributed by atoms with E-state index in [-0.39, 0.29) is 12.7 Å². The third-order valence-electron chi connectivity index (χ3n) is 3.84. The average Bonchev–Trinajstić information content (AvgIpc) is 3.02. The van der Waals surface area contributed by atoms with E-state index in [1.807, 2.05) is 44.2 Å². The lowest BCUT2D eigenvalue weighted by atomic mass is 10.1. The van der Waals surface area contributed by atoms with E-state index in [9.17, 15) is 4.79 Å². The minimum Gasteiger partial charge on any atom is -0.493 e. The van der Waals surface area contributed by atoms with Gasteiger partial charge in [-0.15, -0.1) is 0 Å². The standard InChI is InChI=1S/C19H21NO4/c1-13-3-5-16(14(2)9-13)22-8-7-19(21)20-11-15-4-6-17-18(10-15)24-12-23-17/h3-6,9-10H,7-8,11-12H2,1-2H3,(H,20,21). The first-order valence-electron chi connectivity index (χ1n) is 7.97. The molecule has 1 aliphatic heterocycles. The van der Waals surface area contributed by atoms with Crippen LogP contribution in [0.4, 0.5) is 0 Å². The fraction of sp³-hybridized carbons (Fsp3) is 0.316. The highest BCUT2D eigenvalue weighted by atomic mass is 16.7. The van der Waals surface area contributed by atoms with E-state index in [2.05, 4.69) is 11.4 Å². The lowest BCUT2D eigenvalue weighted by molar-refractivity contribution is -0.121. The van der Waals surface area contributed by atoms with Gasteiger partial charge in [0.05, 0.1) is 13.0 Å². The lowest BCUT2D eigenvalue weighted by Crippen LogP contribution is -2.24. The molecule has 0 radical (unpaired) electrons. The van der Waals surface area contributed by atoms with Crippen LogP contribution in [-0.2, 0) is 11.3 Å². The number of aryl methyl sites for hydroxylation is 2. The fourth-order valence-electron chi connectivity index (χ4n) is 2.55. The number of nitrogens with one attached hydrogen (secondary N) is 1. The molecule has 0 spiro atoms. The molecule has 1 amide bonds. The van der Waals surface area contributed by atoms with E-state index < -0.39 is 0 Å². The summed E-state index contributed by atoms with van der Waals surface area (Å²) in [7, 11) is 0. The summed E-state index contributed by atoms with van der Waals surface area (Å²) in [6.07, 6.45) is 0.317. The molecular weight excluding hydrogens is 306 g/mol. The fourth-order valence-corrected chi connectivity index (χ4v) is 2.55. The van der Waals surface area contributed by atoms with Gasteiger partial charge in [-0.2, -0.15) is 0 Å². The Morgan fingerprint density at radius 1 is 1.12 bits per heavy atom. The summed E-state index contributed by atoms with van der Waals surface area (Å²) in [6, 6.07) is 11.7. The first-order chi connectivity index (χ1) is 11.6. The van der Waals surface area contributed by atoms with Crippen molar-refractivity contribution < 1.29 is 19.0 Å². The van der Waals surface area contributed by atoms with Gasteiger partial charge in [-0.3, -0.25) is 4.79 Å². The van der Waals surface area contributed by atoms with Crippen LogP contribution in [0.15, 0.2) is 36.4 Å². The highest BCUT2D eigenvalue weighted by molar-refractivity contribution is 5.76. The maximum atomic E-state index is 11.9. The molecule has 0 saturated carbocycles. The van der Waals surface area contributed by atoms with E-state index in [0.717, 1.165) is 28.4 Å². The van der Waals surface area contributed by atoms with E-state index in [1.54, 1.807) is 0 Å². The summed E-state index contributed by atoms with van der Waals surface area (Å²) in [4.78, 5) is 11.9. The molecule has 1 N–H and O–H groups in total. The van der Waals surface area contributed by atoms with Crippen molar-refractivity contribution in [3.63, 3.8) is 0 Å². The molecule has 0 aliphatic carbocycles. The van der Waals surface area contributed by atoms with Crippen LogP contribution in [0.2, 0.25) is 0 Å². The van der Waals surface area contributed by atoms with Crippen LogP contribution in [0.25, 0.3) is 0 Å². The van der Waals surface area contributed by atoms with Crippen LogP contribution in [-0.4, -0.2) is 19.3 Å². The van der Waals surface area contributed by atoms with E-state index in [1.165, 1.54) is 5.56 Å². The Bertz CT molecular complexity index is 742. The molecule has 1 aliphatic rings. The number of carbonyl (C=O) groups is 1. The minimum absolute atomic E-state index is 0.0440. The predicted molar refractivity (Wildman–Crippen MR) is 90.4 cm³/mol. The number of hydrogen-bond donors (Lipinski definition) is 1. The average molecular weight is 327 g/mol. The molecule has 3 rings (SSSR count). The van der Waals surface area contributed by atoms with Gasteiger partial charge in [-0.25, -0.2) is 0 Å². The lowest BCUT2D eigenvalue weighted by Gasteiger charge is -2.10. The number of hydrogen-bond acceptors (Lipinski definition) is 4. The first-order valence-corrected chi connectivity index (χ1v) is 7.97. The smallest absolute Gasteiger partial charge is 0.231 e. The molecular formula is C19H21NO4. The number of rotatable bonds is 6. The Hall–Kier alpha value is -2.69. The molecule has 0 unspecified atom stereocenters. The summed E-state index contributed by atoms with van der Waals surface area (Å²) in [5.41, 5.74) is 3.25. The zero-order valence-electron chi connectivity index (χ0n) is 13.9. The van der Waals surface area contributed by atoms with Gasteiger partial charge in [0.15, 0.2) is 11.5 Å². The monoisotopic (exact) mass is 327 g/mol. The Morgan fingerprint density at radius 2 is 1.96 bits per heavy atom. The molecule has 0 atom stereocenters. The molecule has 0 bridgehead atoms. The normalized spacial score (nSPS) is 12.1. The van der Waals surface area contributed by atoms with Crippen molar-refractivity contribution in [1.82, 2.24) is 5.32 Å². The second-order valence-corrected chi connectivity index (χ2v) is 5.83. The number of carbonyl (C=O) groups excluding carboxylic acids is 1. The van der Waals surface area contributed by atoms with Gasteiger partial charge in [-0.05, 0) is 43.2 Å². The first kappa shape index (κ1) is 16.2. The molecule has 126 valence electrons. The number of ether oxygens (including phenoxy) is 3. The van der Waals surface area contributed by atoms with Crippen LogP contribution in [0.5, 0.6) is 17.2 Å². The van der Waals surface area contributed by atoms with Gasteiger partial charge in [0.2, 0.25) is 12.7 Å². The second-order valence-electron chi connectivity index (χ2n) is 5.83. The van der Waals surface area contributed by atoms with Gasteiger partial charge in [-0.1, -0.05) is 23.8 Å². The summed E-state index contributed by atoms with van der Waals surface area (Å²) >= 11 is 0. The topological polar surface area (TPSA) is 56.8 Å². The molecule has 0 saturated heterocycles. The van der Waals surface area contributed by atoms with Crippen molar-refractivity contribution in [3.8, 4) is 17.2 Å². The van der Waals surface area contributed by atoms with Crippen LogP contribution in [0.3, 0.4) is 0 Å². The van der Waals surface area contributed by atoms with Gasteiger partial charge in [0, 0.05) is 6.54 Å². The molecule has 0 aromatic heterocycles. The SMILES string of the molecule is Cc1ccc(OCCC(=O)NCc2ccc3c(c2)OCO3)c(C)c1. The highest BCUT2D eigenvalue weighted by Gasteiger charge is 2.13. The third-order valence-corrected chi connectivity index (χ3v) is 3.84. The number of benzene rings is 2. The Morgan fingerprint density at radius 3 is 2.79 bits per heavy atom. The maximum Gasteiger partial charge on any atom is 0.231 e. The number of amides is 1. The van der Waals surface area contributed by atoms with Crippen molar-refractivity contribution in [2.24, 2.45) is 0 Å². The summed E-state index contributed by atoms with van der Waals surface area (Å²) in [6.45, 7) is 5.11. The van der Waals surface area contributed by atoms with E-state index in [4.69, 9.17) is 14.2 Å². The zero-order valence-corrected chi connectivity index (χ0v) is 13.9. The molecule has 5 heteroatoms. The van der Waals surface area contributed by atoms with Crippen LogP contribution in [0, 0.1) is 13.8 Å². The van der Waals surface area contributed by atoms with Gasteiger partial charge >= 0.3 is 0 Å². The van der Waals surface area contributed by atoms with Crippen molar-refractivity contribution in [3.05, 3.63) is 53.1 Å². The quantitative estimate of drug-likeness (QED) is 0.886. The molecule has 24 heavy (non-hydrogen) atoms. The zero-order chi connectivity index (χ0) is 16.9. The van der Waals surface area contributed by atoms with Gasteiger partial charge in [0.25, 0.3) is 0 Å². The Labute approximate surface area is 141 Å². The van der Waals surface area contributed by atoms with E-state index >= 15 is 0 Å². The summed E-state index contributed by atoms with van der Waals surface area (Å²) in [5.74, 6) is 2.24. The van der Waals surface area contributed by atoms with E-state index in [0.29, 0.717) is 19.6 Å². The van der Waals surface area contributed by atoms with Gasteiger partial charge in [0.1, 0.15) is 5.75 Å². The molecule has 2 aromatic carbocycles. The van der Waals surface area contributed by atoms with Crippen molar-refractivity contribution in [1.29, 1.82) is 0 Å². The van der Waals surface area contributed by atoms with Crippen molar-refractivity contribution in [2.75, 3.05) is 13.4 Å². The summed E-state index contributed by atoms with van der Waals surface area (Å²) < 4.78 is 16.3. The Kier molecular flexibility index (Phi) is 4.89. The number of fused-ring (bicyclic) bond motifs is 1. The molecule has 1 heterocycles. The second kappa shape index (κ2) is 7.25. The van der Waals surface area contributed by atoms with Crippen molar-refractivity contribution in [2.45, 2.75) is 26.8 Å². The predicted octanol–water partition coefficient (Wildman–Crippen LogP) is 3.12. The van der Waals surface area contributed by atoms with Crippen LogP contribution < -0.4 is 19.5 Å². The Balaban J connectivity index is 1.43.